The first-order chi connectivity index (χ1) is 21.6. The fourth-order valence-corrected chi connectivity index (χ4v) is 6.18. The Bertz CT molecular complexity index is 1560. The normalized spacial score (nSPS) is 11.6. The summed E-state index contributed by atoms with van der Waals surface area (Å²) in [5, 5.41) is 2.79. The van der Waals surface area contributed by atoms with Crippen molar-refractivity contribution in [1.82, 2.24) is 10.2 Å². The molecule has 2 amide bonds. The molecule has 45 heavy (non-hydrogen) atoms. The second-order valence-electron chi connectivity index (χ2n) is 9.75. The molecule has 1 atom stereocenters. The first-order valence-corrected chi connectivity index (χ1v) is 15.7. The van der Waals surface area contributed by atoms with Gasteiger partial charge in [-0.3, -0.25) is 13.9 Å². The van der Waals surface area contributed by atoms with Gasteiger partial charge in [0.25, 0.3) is 10.0 Å². The van der Waals surface area contributed by atoms with Gasteiger partial charge in [-0.25, -0.2) is 8.42 Å². The van der Waals surface area contributed by atoms with E-state index in [0.717, 1.165) is 9.87 Å². The number of hydrogen-bond donors (Lipinski definition) is 1. The predicted molar refractivity (Wildman–Crippen MR) is 170 cm³/mol. The number of benzene rings is 3. The minimum Gasteiger partial charge on any atom is -0.497 e. The molecule has 0 radical (unpaired) electrons. The molecular weight excluding hydrogens is 602 g/mol. The molecule has 0 unspecified atom stereocenters. The van der Waals surface area contributed by atoms with Gasteiger partial charge in [0.1, 0.15) is 29.8 Å². The topological polar surface area (TPSA) is 133 Å². The van der Waals surface area contributed by atoms with Crippen LogP contribution in [0.3, 0.4) is 0 Å². The van der Waals surface area contributed by atoms with Crippen LogP contribution in [0.15, 0.2) is 65.6 Å². The average molecular weight is 644 g/mol. The second kappa shape index (κ2) is 15.9. The molecule has 0 spiro atoms. The van der Waals surface area contributed by atoms with Crippen LogP contribution in [0.2, 0.25) is 0 Å². The van der Waals surface area contributed by atoms with Gasteiger partial charge < -0.3 is 33.9 Å². The van der Waals surface area contributed by atoms with Crippen LogP contribution in [0.1, 0.15) is 25.8 Å². The number of nitrogens with zero attached hydrogens (tertiary/aromatic N) is 2. The molecular formula is C32H41N3O9S. The van der Waals surface area contributed by atoms with Crippen LogP contribution in [0.5, 0.6) is 28.7 Å². The Kier molecular flexibility index (Phi) is 12.3. The van der Waals surface area contributed by atoms with Crippen molar-refractivity contribution in [2.75, 3.05) is 52.9 Å². The summed E-state index contributed by atoms with van der Waals surface area (Å²) in [7, 11) is 2.77. The lowest BCUT2D eigenvalue weighted by molar-refractivity contribution is -0.140. The Morgan fingerprint density at radius 3 is 1.91 bits per heavy atom. The first kappa shape index (κ1) is 34.8. The zero-order chi connectivity index (χ0) is 33.1. The predicted octanol–water partition coefficient (Wildman–Crippen LogP) is 3.87. The summed E-state index contributed by atoms with van der Waals surface area (Å²) in [6, 6.07) is 15.0. The van der Waals surface area contributed by atoms with Gasteiger partial charge in [-0.05, 0) is 55.3 Å². The maximum atomic E-state index is 14.4. The summed E-state index contributed by atoms with van der Waals surface area (Å²) in [6.45, 7) is 3.31. The molecule has 1 N–H and O–H groups in total. The molecule has 0 saturated heterocycles. The molecule has 12 nitrogen and oxygen atoms in total. The lowest BCUT2D eigenvalue weighted by atomic mass is 10.1. The number of likely N-dealkylation sites (N-methyl/N-ethyl adjacent to an activating group) is 1. The summed E-state index contributed by atoms with van der Waals surface area (Å²) >= 11 is 0. The molecule has 0 fully saturated rings. The van der Waals surface area contributed by atoms with E-state index in [1.165, 1.54) is 57.6 Å². The number of methoxy groups -OCH3 is 5. The van der Waals surface area contributed by atoms with E-state index in [4.69, 9.17) is 23.7 Å². The van der Waals surface area contributed by atoms with Crippen LogP contribution in [-0.4, -0.2) is 79.8 Å². The molecule has 0 heterocycles. The Morgan fingerprint density at radius 2 is 1.36 bits per heavy atom. The summed E-state index contributed by atoms with van der Waals surface area (Å²) in [5.74, 6) is 0.708. The highest BCUT2D eigenvalue weighted by molar-refractivity contribution is 7.92. The number of amides is 2. The monoisotopic (exact) mass is 643 g/mol. The lowest BCUT2D eigenvalue weighted by Crippen LogP contribution is -2.52. The van der Waals surface area contributed by atoms with Crippen LogP contribution >= 0.6 is 0 Å². The van der Waals surface area contributed by atoms with Gasteiger partial charge in [-0.15, -0.1) is 0 Å². The maximum Gasteiger partial charge on any atom is 0.265 e. The third-order valence-corrected chi connectivity index (χ3v) is 8.88. The highest BCUT2D eigenvalue weighted by atomic mass is 32.2. The minimum absolute atomic E-state index is 0.0396. The quantitative estimate of drug-likeness (QED) is 0.247. The lowest BCUT2D eigenvalue weighted by Gasteiger charge is -2.33. The van der Waals surface area contributed by atoms with E-state index < -0.39 is 28.5 Å². The summed E-state index contributed by atoms with van der Waals surface area (Å²) in [4.78, 5) is 28.7. The van der Waals surface area contributed by atoms with Gasteiger partial charge in [0.15, 0.2) is 11.5 Å². The summed E-state index contributed by atoms with van der Waals surface area (Å²) in [6.07, 6.45) is 0.290. The molecule has 13 heteroatoms. The highest BCUT2D eigenvalue weighted by Gasteiger charge is 2.35. The molecule has 0 bridgehead atoms. The van der Waals surface area contributed by atoms with E-state index in [1.807, 2.05) is 0 Å². The Balaban J connectivity index is 2.19. The standard InChI is InChI=1S/C32H41N3O9S/c1-8-26(32(37)33-9-2)34(20-22-10-12-23(40-3)13-11-22)31(36)21-35(27-18-24(41-4)14-16-28(27)42-5)45(38,39)25-15-17-29(43-6)30(19-25)44-7/h10-19,26H,8-9,20-21H2,1-7H3,(H,33,37)/t26-/m1/s1. The highest BCUT2D eigenvalue weighted by Crippen LogP contribution is 2.38. The molecule has 3 aromatic carbocycles. The average Bonchev–Trinajstić information content (AvgIpc) is 3.06. The van der Waals surface area contributed by atoms with E-state index in [1.54, 1.807) is 57.4 Å². The van der Waals surface area contributed by atoms with Crippen molar-refractivity contribution < 1.29 is 41.7 Å². The largest absolute Gasteiger partial charge is 0.497 e. The first-order valence-electron chi connectivity index (χ1n) is 14.2. The Morgan fingerprint density at radius 1 is 0.756 bits per heavy atom. The van der Waals surface area contributed by atoms with Gasteiger partial charge in [-0.2, -0.15) is 0 Å². The molecule has 0 aliphatic carbocycles. The van der Waals surface area contributed by atoms with Crippen LogP contribution in [-0.2, 0) is 26.2 Å². The van der Waals surface area contributed by atoms with Crippen molar-refractivity contribution in [2.24, 2.45) is 0 Å². The van der Waals surface area contributed by atoms with E-state index in [9.17, 15) is 18.0 Å². The second-order valence-corrected chi connectivity index (χ2v) is 11.6. The van der Waals surface area contributed by atoms with Crippen molar-refractivity contribution in [3.8, 4) is 28.7 Å². The molecule has 0 aromatic heterocycles. The molecule has 0 aliphatic heterocycles. The van der Waals surface area contributed by atoms with Crippen LogP contribution in [0, 0.1) is 0 Å². The van der Waals surface area contributed by atoms with Gasteiger partial charge in [0.05, 0.1) is 46.1 Å². The van der Waals surface area contributed by atoms with Gasteiger partial charge in [0, 0.05) is 25.2 Å². The number of hydrogen-bond acceptors (Lipinski definition) is 9. The SMILES string of the molecule is CCNC(=O)[C@@H](CC)N(Cc1ccc(OC)cc1)C(=O)CN(c1cc(OC)ccc1OC)S(=O)(=O)c1ccc(OC)c(OC)c1. The van der Waals surface area contributed by atoms with Gasteiger partial charge in [0.2, 0.25) is 11.8 Å². The Hall–Kier alpha value is -4.65. The zero-order valence-corrected chi connectivity index (χ0v) is 27.5. The smallest absolute Gasteiger partial charge is 0.265 e. The zero-order valence-electron chi connectivity index (χ0n) is 26.7. The van der Waals surface area contributed by atoms with Gasteiger partial charge in [-0.1, -0.05) is 19.1 Å². The fraction of sp³-hybridized carbons (Fsp3) is 0.375. The number of carbonyl (C=O) groups excluding carboxylic acids is 2. The van der Waals surface area contributed by atoms with E-state index in [0.29, 0.717) is 30.2 Å². The van der Waals surface area contributed by atoms with Crippen molar-refractivity contribution in [3.63, 3.8) is 0 Å². The van der Waals surface area contributed by atoms with Crippen LogP contribution in [0.4, 0.5) is 5.69 Å². The molecule has 244 valence electrons. The van der Waals surface area contributed by atoms with Crippen LogP contribution in [0.25, 0.3) is 0 Å². The Labute approximate surface area is 264 Å². The van der Waals surface area contributed by atoms with Crippen molar-refractivity contribution >= 4 is 27.5 Å². The number of nitrogens with one attached hydrogen (secondary N) is 1. The third-order valence-electron chi connectivity index (χ3n) is 7.13. The number of rotatable bonds is 16. The maximum absolute atomic E-state index is 14.4. The molecule has 0 aliphatic rings. The van der Waals surface area contributed by atoms with Gasteiger partial charge >= 0.3 is 0 Å². The number of anilines is 1. The fourth-order valence-electron chi connectivity index (χ4n) is 4.75. The molecule has 0 saturated carbocycles. The summed E-state index contributed by atoms with van der Waals surface area (Å²) in [5.41, 5.74) is 0.788. The van der Waals surface area contributed by atoms with E-state index >= 15 is 0 Å². The number of sulfonamides is 1. The third kappa shape index (κ3) is 8.09. The van der Waals surface area contributed by atoms with Crippen molar-refractivity contribution in [2.45, 2.75) is 37.8 Å². The molecule has 3 aromatic rings. The summed E-state index contributed by atoms with van der Waals surface area (Å²) < 4.78 is 56.6. The number of ether oxygens (including phenoxy) is 5. The molecule has 3 rings (SSSR count). The minimum atomic E-state index is -4.44. The van der Waals surface area contributed by atoms with E-state index in [-0.39, 0.29) is 34.5 Å². The number of carbonyl (C=O) groups is 2. The van der Waals surface area contributed by atoms with Crippen LogP contribution < -0.4 is 33.3 Å². The van der Waals surface area contributed by atoms with E-state index in [2.05, 4.69) is 5.32 Å². The van der Waals surface area contributed by atoms with Crippen molar-refractivity contribution in [3.05, 3.63) is 66.2 Å². The van der Waals surface area contributed by atoms with Crippen molar-refractivity contribution in [1.29, 1.82) is 0 Å².